The van der Waals surface area contributed by atoms with Gasteiger partial charge in [-0.2, -0.15) is 0 Å². The van der Waals surface area contributed by atoms with Crippen molar-refractivity contribution in [3.05, 3.63) is 34.8 Å². The van der Waals surface area contributed by atoms with Gasteiger partial charge in [-0.15, -0.1) is 11.3 Å². The summed E-state index contributed by atoms with van der Waals surface area (Å²) in [5.74, 6) is 1.65. The lowest BCUT2D eigenvalue weighted by Gasteiger charge is -2.07. The molecule has 0 saturated heterocycles. The van der Waals surface area contributed by atoms with Gasteiger partial charge in [0.25, 0.3) is 0 Å². The Hall–Kier alpha value is -2.01. The molecule has 1 aliphatic carbocycles. The van der Waals surface area contributed by atoms with Crippen LogP contribution in [0, 0.1) is 13.8 Å². The zero-order valence-corrected chi connectivity index (χ0v) is 12.9. The van der Waals surface area contributed by atoms with Gasteiger partial charge in [0.05, 0.1) is 5.39 Å². The van der Waals surface area contributed by atoms with Crippen molar-refractivity contribution in [2.24, 2.45) is 0 Å². The number of nitrogens with one attached hydrogen (secondary N) is 1. The van der Waals surface area contributed by atoms with Crippen molar-refractivity contribution >= 4 is 27.4 Å². The molecule has 0 unspecified atom stereocenters. The van der Waals surface area contributed by atoms with Crippen molar-refractivity contribution in [1.29, 1.82) is 0 Å². The molecule has 3 heterocycles. The second-order valence-corrected chi connectivity index (χ2v) is 6.79. The number of hydrogen-bond donors (Lipinski definition) is 1. The molecule has 3 aromatic rings. The summed E-state index contributed by atoms with van der Waals surface area (Å²) in [5.41, 5.74) is 1.82. The van der Waals surface area contributed by atoms with E-state index in [2.05, 4.69) is 23.3 Å². The van der Waals surface area contributed by atoms with Gasteiger partial charge >= 0.3 is 0 Å². The number of fused-ring (bicyclic) bond motifs is 1. The molecule has 0 atom stereocenters. The largest absolute Gasteiger partial charge is 0.367 e. The summed E-state index contributed by atoms with van der Waals surface area (Å²) >= 11 is 1.71. The Morgan fingerprint density at radius 2 is 2.00 bits per heavy atom. The highest BCUT2D eigenvalue weighted by atomic mass is 32.1. The van der Waals surface area contributed by atoms with Crippen LogP contribution in [0.5, 0.6) is 0 Å². The normalized spacial score (nSPS) is 14.6. The number of hydrogen-bond acceptors (Lipinski definition) is 5. The van der Waals surface area contributed by atoms with Crippen LogP contribution in [0.4, 0.5) is 5.82 Å². The van der Waals surface area contributed by atoms with Gasteiger partial charge in [-0.1, -0.05) is 6.07 Å². The third-order valence-corrected chi connectivity index (χ3v) is 4.50. The van der Waals surface area contributed by atoms with Gasteiger partial charge in [-0.25, -0.2) is 15.0 Å². The van der Waals surface area contributed by atoms with Gasteiger partial charge in [0, 0.05) is 16.6 Å². The van der Waals surface area contributed by atoms with Crippen molar-refractivity contribution < 1.29 is 0 Å². The molecule has 1 N–H and O–H groups in total. The van der Waals surface area contributed by atoms with Gasteiger partial charge in [0.15, 0.2) is 5.82 Å². The molecule has 21 heavy (non-hydrogen) atoms. The molecule has 0 amide bonds. The summed E-state index contributed by atoms with van der Waals surface area (Å²) in [6, 6.07) is 8.69. The Morgan fingerprint density at radius 3 is 2.76 bits per heavy atom. The summed E-state index contributed by atoms with van der Waals surface area (Å²) in [6.07, 6.45) is 2.46. The van der Waals surface area contributed by atoms with E-state index in [1.54, 1.807) is 11.3 Å². The Kier molecular flexibility index (Phi) is 2.89. The summed E-state index contributed by atoms with van der Waals surface area (Å²) in [4.78, 5) is 16.3. The van der Waals surface area contributed by atoms with Crippen LogP contribution in [-0.4, -0.2) is 21.0 Å². The van der Waals surface area contributed by atoms with Crippen LogP contribution < -0.4 is 5.32 Å². The quantitative estimate of drug-likeness (QED) is 0.795. The predicted molar refractivity (Wildman–Crippen MR) is 86.8 cm³/mol. The van der Waals surface area contributed by atoms with E-state index in [1.165, 1.54) is 17.7 Å². The molecule has 5 heteroatoms. The molecule has 3 aromatic heterocycles. The van der Waals surface area contributed by atoms with Gasteiger partial charge in [0.1, 0.15) is 16.3 Å². The molecule has 1 saturated carbocycles. The van der Waals surface area contributed by atoms with Gasteiger partial charge < -0.3 is 5.32 Å². The summed E-state index contributed by atoms with van der Waals surface area (Å²) < 4.78 is 0. The van der Waals surface area contributed by atoms with Crippen molar-refractivity contribution in [3.8, 4) is 11.5 Å². The first-order valence-electron chi connectivity index (χ1n) is 7.18. The number of aryl methyl sites for hydroxylation is 2. The SMILES string of the molecule is Cc1cccc(-c2nc(NC3CC3)c3cc(C)sc3n2)n1. The fraction of sp³-hybridized carbons (Fsp3) is 0.312. The topological polar surface area (TPSA) is 50.7 Å². The van der Waals surface area contributed by atoms with E-state index in [-0.39, 0.29) is 0 Å². The number of anilines is 1. The number of pyridine rings is 1. The Labute approximate surface area is 127 Å². The smallest absolute Gasteiger partial charge is 0.181 e. The van der Waals surface area contributed by atoms with Crippen LogP contribution in [0.3, 0.4) is 0 Å². The maximum absolute atomic E-state index is 4.73. The molecule has 0 aromatic carbocycles. The Bertz CT molecular complexity index is 820. The van der Waals surface area contributed by atoms with Gasteiger partial charge in [-0.3, -0.25) is 0 Å². The zero-order valence-electron chi connectivity index (χ0n) is 12.1. The van der Waals surface area contributed by atoms with Crippen LogP contribution in [0.15, 0.2) is 24.3 Å². The van der Waals surface area contributed by atoms with Crippen molar-refractivity contribution in [2.75, 3.05) is 5.32 Å². The van der Waals surface area contributed by atoms with E-state index in [9.17, 15) is 0 Å². The maximum atomic E-state index is 4.73. The van der Waals surface area contributed by atoms with Crippen molar-refractivity contribution in [2.45, 2.75) is 32.7 Å². The number of rotatable bonds is 3. The summed E-state index contributed by atoms with van der Waals surface area (Å²) in [6.45, 7) is 4.10. The highest BCUT2D eigenvalue weighted by Gasteiger charge is 2.23. The zero-order chi connectivity index (χ0) is 14.4. The highest BCUT2D eigenvalue weighted by molar-refractivity contribution is 7.18. The molecule has 4 rings (SSSR count). The first-order chi connectivity index (χ1) is 10.2. The van der Waals surface area contributed by atoms with E-state index in [0.29, 0.717) is 11.9 Å². The van der Waals surface area contributed by atoms with Crippen LogP contribution in [0.2, 0.25) is 0 Å². The van der Waals surface area contributed by atoms with E-state index in [0.717, 1.165) is 27.4 Å². The minimum atomic E-state index is 0.571. The molecular formula is C16H16N4S. The molecule has 1 fully saturated rings. The monoisotopic (exact) mass is 296 g/mol. The minimum absolute atomic E-state index is 0.571. The first-order valence-corrected chi connectivity index (χ1v) is 7.99. The number of aromatic nitrogens is 3. The fourth-order valence-electron chi connectivity index (χ4n) is 2.36. The number of nitrogens with zero attached hydrogens (tertiary/aromatic N) is 3. The molecule has 0 bridgehead atoms. The average molecular weight is 296 g/mol. The maximum Gasteiger partial charge on any atom is 0.181 e. The van der Waals surface area contributed by atoms with E-state index < -0.39 is 0 Å². The van der Waals surface area contributed by atoms with E-state index >= 15 is 0 Å². The molecule has 1 aliphatic rings. The average Bonchev–Trinajstić information content (AvgIpc) is 3.18. The second kappa shape index (κ2) is 4.77. The Balaban J connectivity index is 1.88. The third-order valence-electron chi connectivity index (χ3n) is 3.55. The standard InChI is InChI=1S/C16H16N4S/c1-9-4-3-5-13(17-9)15-19-14(18-11-6-7-11)12-8-10(2)21-16(12)20-15/h3-5,8,11H,6-7H2,1-2H3,(H,18,19,20). The molecule has 106 valence electrons. The third kappa shape index (κ3) is 2.49. The van der Waals surface area contributed by atoms with Gasteiger partial charge in [-0.05, 0) is 44.9 Å². The van der Waals surface area contributed by atoms with Crippen LogP contribution in [-0.2, 0) is 0 Å². The van der Waals surface area contributed by atoms with E-state index in [4.69, 9.17) is 9.97 Å². The molecular weight excluding hydrogens is 280 g/mol. The molecule has 4 nitrogen and oxygen atoms in total. The van der Waals surface area contributed by atoms with Crippen LogP contribution in [0.25, 0.3) is 21.7 Å². The highest BCUT2D eigenvalue weighted by Crippen LogP contribution is 2.33. The van der Waals surface area contributed by atoms with Crippen LogP contribution in [0.1, 0.15) is 23.4 Å². The number of thiophene rings is 1. The molecule has 0 aliphatic heterocycles. The molecule has 0 spiro atoms. The predicted octanol–water partition coefficient (Wildman–Crippen LogP) is 3.94. The summed E-state index contributed by atoms with van der Waals surface area (Å²) in [5, 5.41) is 4.65. The summed E-state index contributed by atoms with van der Waals surface area (Å²) in [7, 11) is 0. The lowest BCUT2D eigenvalue weighted by Crippen LogP contribution is -2.05. The lowest BCUT2D eigenvalue weighted by molar-refractivity contribution is 1.09. The van der Waals surface area contributed by atoms with Crippen LogP contribution >= 0.6 is 11.3 Å². The first kappa shape index (κ1) is 12.7. The van der Waals surface area contributed by atoms with Gasteiger partial charge in [0.2, 0.25) is 0 Å². The second-order valence-electron chi connectivity index (χ2n) is 5.55. The fourth-order valence-corrected chi connectivity index (χ4v) is 3.23. The molecule has 0 radical (unpaired) electrons. The minimum Gasteiger partial charge on any atom is -0.367 e. The van der Waals surface area contributed by atoms with Crippen molar-refractivity contribution in [3.63, 3.8) is 0 Å². The Morgan fingerprint density at radius 1 is 1.14 bits per heavy atom. The van der Waals surface area contributed by atoms with Crippen molar-refractivity contribution in [1.82, 2.24) is 15.0 Å². The van der Waals surface area contributed by atoms with E-state index in [1.807, 2.05) is 25.1 Å². The lowest BCUT2D eigenvalue weighted by atomic mass is 10.3.